The van der Waals surface area contributed by atoms with Gasteiger partial charge in [0, 0.05) is 24.4 Å². The Bertz CT molecular complexity index is 441. The second-order valence-electron chi connectivity index (χ2n) is 3.84. The summed E-state index contributed by atoms with van der Waals surface area (Å²) in [7, 11) is 1.64. The van der Waals surface area contributed by atoms with Gasteiger partial charge in [0.2, 0.25) is 5.91 Å². The third-order valence-electron chi connectivity index (χ3n) is 2.83. The van der Waals surface area contributed by atoms with Gasteiger partial charge in [0.05, 0.1) is 6.04 Å². The van der Waals surface area contributed by atoms with Crippen LogP contribution in [0.25, 0.3) is 0 Å². The van der Waals surface area contributed by atoms with Crippen LogP contribution in [0.15, 0.2) is 12.1 Å². The van der Waals surface area contributed by atoms with Crippen molar-refractivity contribution < 1.29 is 18.0 Å². The van der Waals surface area contributed by atoms with Crippen molar-refractivity contribution in [3.8, 4) is 0 Å². The van der Waals surface area contributed by atoms with E-state index in [0.29, 0.717) is 13.0 Å². The molecule has 17 heavy (non-hydrogen) atoms. The molecule has 3 nitrogen and oxygen atoms in total. The first kappa shape index (κ1) is 11.9. The number of benzene rings is 1. The third-order valence-corrected chi connectivity index (χ3v) is 2.83. The third kappa shape index (κ3) is 2.00. The Balaban J connectivity index is 2.33. The highest BCUT2D eigenvalue weighted by molar-refractivity contribution is 5.99. The summed E-state index contributed by atoms with van der Waals surface area (Å²) in [6, 6.07) is 1.30. The Kier molecular flexibility index (Phi) is 3.06. The standard InChI is InChI=1S/C11H11F3N2O/c1-15-9-2-3-16(11(9)17)6-4-7(12)10(14)8(13)5-6/h4-5,9,15H,2-3H2,1H3. The molecule has 0 saturated carbocycles. The van der Waals surface area contributed by atoms with Crippen molar-refractivity contribution in [3.05, 3.63) is 29.6 Å². The van der Waals surface area contributed by atoms with E-state index >= 15 is 0 Å². The van der Waals surface area contributed by atoms with Gasteiger partial charge in [0.1, 0.15) is 0 Å². The molecule has 1 amide bonds. The molecule has 1 fully saturated rings. The lowest BCUT2D eigenvalue weighted by Gasteiger charge is -2.17. The number of halogens is 3. The van der Waals surface area contributed by atoms with E-state index in [1.807, 2.05) is 0 Å². The van der Waals surface area contributed by atoms with E-state index in [2.05, 4.69) is 5.32 Å². The first-order valence-electron chi connectivity index (χ1n) is 5.17. The topological polar surface area (TPSA) is 32.3 Å². The summed E-state index contributed by atoms with van der Waals surface area (Å²) < 4.78 is 38.8. The van der Waals surface area contributed by atoms with Crippen LogP contribution in [0.3, 0.4) is 0 Å². The monoisotopic (exact) mass is 244 g/mol. The lowest BCUT2D eigenvalue weighted by molar-refractivity contribution is -0.118. The smallest absolute Gasteiger partial charge is 0.244 e. The number of amides is 1. The molecule has 0 bridgehead atoms. The minimum absolute atomic E-state index is 0.0455. The Labute approximate surface area is 96.2 Å². The fourth-order valence-electron chi connectivity index (χ4n) is 1.90. The average molecular weight is 244 g/mol. The van der Waals surface area contributed by atoms with Crippen molar-refractivity contribution in [2.24, 2.45) is 0 Å². The van der Waals surface area contributed by atoms with Crippen LogP contribution in [-0.2, 0) is 4.79 Å². The van der Waals surface area contributed by atoms with Crippen LogP contribution in [-0.4, -0.2) is 25.5 Å². The van der Waals surface area contributed by atoms with Crippen LogP contribution in [0.2, 0.25) is 0 Å². The highest BCUT2D eigenvalue weighted by Gasteiger charge is 2.32. The van der Waals surface area contributed by atoms with E-state index in [4.69, 9.17) is 0 Å². The number of carbonyl (C=O) groups is 1. The van der Waals surface area contributed by atoms with Gasteiger partial charge in [-0.3, -0.25) is 4.79 Å². The van der Waals surface area contributed by atoms with Gasteiger partial charge >= 0.3 is 0 Å². The van der Waals surface area contributed by atoms with Gasteiger partial charge in [-0.2, -0.15) is 0 Å². The van der Waals surface area contributed by atoms with Crippen LogP contribution in [0.4, 0.5) is 18.9 Å². The van der Waals surface area contributed by atoms with E-state index in [9.17, 15) is 18.0 Å². The number of hydrogen-bond donors (Lipinski definition) is 1. The molecule has 1 N–H and O–H groups in total. The molecule has 2 rings (SSSR count). The van der Waals surface area contributed by atoms with Gasteiger partial charge in [-0.1, -0.05) is 0 Å². The molecule has 1 aromatic rings. The highest BCUT2D eigenvalue weighted by atomic mass is 19.2. The highest BCUT2D eigenvalue weighted by Crippen LogP contribution is 2.25. The van der Waals surface area contributed by atoms with Gasteiger partial charge in [0.25, 0.3) is 0 Å². The minimum atomic E-state index is -1.52. The van der Waals surface area contributed by atoms with Crippen LogP contribution in [0.1, 0.15) is 6.42 Å². The molecule has 0 aliphatic carbocycles. The van der Waals surface area contributed by atoms with Gasteiger partial charge < -0.3 is 10.2 Å². The molecule has 92 valence electrons. The van der Waals surface area contributed by atoms with E-state index in [1.54, 1.807) is 7.05 Å². The molecule has 1 unspecified atom stereocenters. The maximum atomic E-state index is 13.0. The Hall–Kier alpha value is -1.56. The number of nitrogens with one attached hydrogen (secondary N) is 1. The molecule has 0 spiro atoms. The van der Waals surface area contributed by atoms with E-state index < -0.39 is 17.5 Å². The summed E-state index contributed by atoms with van der Waals surface area (Å²) in [6.07, 6.45) is 0.552. The normalized spacial score (nSPS) is 20.1. The molecule has 6 heteroatoms. The molecular weight excluding hydrogens is 233 g/mol. The number of hydrogen-bond acceptors (Lipinski definition) is 2. The second-order valence-corrected chi connectivity index (χ2v) is 3.84. The molecule has 1 heterocycles. The molecular formula is C11H11F3N2O. The molecule has 1 saturated heterocycles. The SMILES string of the molecule is CNC1CCN(c2cc(F)c(F)c(F)c2)C1=O. The number of anilines is 1. The van der Waals surface area contributed by atoms with Gasteiger partial charge in [-0.05, 0) is 13.5 Å². The van der Waals surface area contributed by atoms with Crippen molar-refractivity contribution in [1.82, 2.24) is 5.32 Å². The summed E-state index contributed by atoms with van der Waals surface area (Å²) in [4.78, 5) is 13.0. The zero-order valence-electron chi connectivity index (χ0n) is 9.14. The largest absolute Gasteiger partial charge is 0.311 e. The minimum Gasteiger partial charge on any atom is -0.311 e. The molecule has 1 aliphatic rings. The van der Waals surface area contributed by atoms with Crippen molar-refractivity contribution >= 4 is 11.6 Å². The van der Waals surface area contributed by atoms with Crippen molar-refractivity contribution in [1.29, 1.82) is 0 Å². The quantitative estimate of drug-likeness (QED) is 0.798. The van der Waals surface area contributed by atoms with Crippen molar-refractivity contribution in [2.45, 2.75) is 12.5 Å². The number of nitrogens with zero attached hydrogens (tertiary/aromatic N) is 1. The Morgan fingerprint density at radius 3 is 2.35 bits per heavy atom. The fourth-order valence-corrected chi connectivity index (χ4v) is 1.90. The first-order chi connectivity index (χ1) is 8.04. The first-order valence-corrected chi connectivity index (χ1v) is 5.17. The predicted octanol–water partition coefficient (Wildman–Crippen LogP) is 1.43. The van der Waals surface area contributed by atoms with E-state index in [1.165, 1.54) is 4.90 Å². The van der Waals surface area contributed by atoms with Crippen LogP contribution >= 0.6 is 0 Å². The summed E-state index contributed by atoms with van der Waals surface area (Å²) in [5.41, 5.74) is 0.0455. The average Bonchev–Trinajstić information content (AvgIpc) is 2.66. The summed E-state index contributed by atoms with van der Waals surface area (Å²) in [6.45, 7) is 0.356. The molecule has 0 radical (unpaired) electrons. The maximum Gasteiger partial charge on any atom is 0.244 e. The summed E-state index contributed by atoms with van der Waals surface area (Å²) in [5.74, 6) is -4.37. The van der Waals surface area contributed by atoms with E-state index in [0.717, 1.165) is 12.1 Å². The Morgan fingerprint density at radius 1 is 1.29 bits per heavy atom. The van der Waals surface area contributed by atoms with Crippen LogP contribution in [0.5, 0.6) is 0 Å². The van der Waals surface area contributed by atoms with Gasteiger partial charge in [-0.25, -0.2) is 13.2 Å². The number of likely N-dealkylation sites (N-methyl/N-ethyl adjacent to an activating group) is 1. The second kappa shape index (κ2) is 4.37. The van der Waals surface area contributed by atoms with Crippen LogP contribution < -0.4 is 10.2 Å². The number of rotatable bonds is 2. The fraction of sp³-hybridized carbons (Fsp3) is 0.364. The lowest BCUT2D eigenvalue weighted by Crippen LogP contribution is -2.36. The van der Waals surface area contributed by atoms with E-state index in [-0.39, 0.29) is 17.6 Å². The number of carbonyl (C=O) groups excluding carboxylic acids is 1. The van der Waals surface area contributed by atoms with Gasteiger partial charge in [0.15, 0.2) is 17.5 Å². The van der Waals surface area contributed by atoms with Crippen LogP contribution in [0, 0.1) is 17.5 Å². The molecule has 1 atom stereocenters. The summed E-state index contributed by atoms with van der Waals surface area (Å²) in [5, 5.41) is 2.80. The zero-order chi connectivity index (χ0) is 12.6. The lowest BCUT2D eigenvalue weighted by atomic mass is 10.2. The molecule has 1 aromatic carbocycles. The van der Waals surface area contributed by atoms with Crippen molar-refractivity contribution in [3.63, 3.8) is 0 Å². The van der Waals surface area contributed by atoms with Crippen molar-refractivity contribution in [2.75, 3.05) is 18.5 Å². The molecule has 0 aromatic heterocycles. The summed E-state index contributed by atoms with van der Waals surface area (Å²) >= 11 is 0. The maximum absolute atomic E-state index is 13.0. The van der Waals surface area contributed by atoms with Gasteiger partial charge in [-0.15, -0.1) is 0 Å². The molecule has 1 aliphatic heterocycles. The Morgan fingerprint density at radius 2 is 1.88 bits per heavy atom. The zero-order valence-corrected chi connectivity index (χ0v) is 9.14. The predicted molar refractivity (Wildman–Crippen MR) is 56.1 cm³/mol.